The van der Waals surface area contributed by atoms with Crippen LogP contribution in [0.3, 0.4) is 0 Å². The van der Waals surface area contributed by atoms with Gasteiger partial charge in [-0.2, -0.15) is 0 Å². The molecule has 0 atom stereocenters. The molecule has 1 aliphatic rings. The van der Waals surface area contributed by atoms with Crippen LogP contribution in [0.4, 0.5) is 4.79 Å². The fourth-order valence-electron chi connectivity index (χ4n) is 0.642. The number of hydrogen-bond donors (Lipinski definition) is 0. The van der Waals surface area contributed by atoms with E-state index in [4.69, 9.17) is 16.3 Å². The van der Waals surface area contributed by atoms with Crippen molar-refractivity contribution in [1.29, 1.82) is 0 Å². The van der Waals surface area contributed by atoms with Gasteiger partial charge in [0.2, 0.25) is 0 Å². The van der Waals surface area contributed by atoms with Crippen molar-refractivity contribution in [2.45, 2.75) is 12.5 Å². The Hall–Kier alpha value is -0.280. The van der Waals surface area contributed by atoms with Gasteiger partial charge in [-0.3, -0.25) is 0 Å². The summed E-state index contributed by atoms with van der Waals surface area (Å²) in [5.41, 5.74) is -1.22. The molecule has 1 saturated heterocycles. The highest BCUT2D eigenvalue weighted by molar-refractivity contribution is 6.61. The highest BCUT2D eigenvalue weighted by Gasteiger charge is 2.36. The molecular weight excluding hydrogens is 144 g/mol. The molecule has 0 aromatic carbocycles. The minimum atomic E-state index is -0.763. The first-order valence-electron chi connectivity index (χ1n) is 2.59. The van der Waals surface area contributed by atoms with Gasteiger partial charge < -0.3 is 9.47 Å². The Balaban J connectivity index is 2.33. The van der Waals surface area contributed by atoms with Crippen LogP contribution in [0.5, 0.6) is 0 Å². The van der Waals surface area contributed by atoms with Crippen LogP contribution >= 0.6 is 11.6 Å². The van der Waals surface area contributed by atoms with Crippen molar-refractivity contribution in [3.8, 4) is 0 Å². The normalized spacial score (nSPS) is 22.4. The molecule has 0 radical (unpaired) electrons. The van der Waals surface area contributed by atoms with Crippen LogP contribution in [0.2, 0.25) is 0 Å². The topological polar surface area (TPSA) is 35.5 Å². The van der Waals surface area contributed by atoms with Gasteiger partial charge in [-0.25, -0.2) is 4.79 Å². The molecule has 0 aromatic rings. The second-order valence-corrected chi connectivity index (χ2v) is 2.59. The molecular formula is C5H7ClO3. The van der Waals surface area contributed by atoms with Crippen LogP contribution < -0.4 is 0 Å². The number of halogens is 1. The van der Waals surface area contributed by atoms with Gasteiger partial charge in [-0.1, -0.05) is 0 Å². The molecule has 1 aliphatic heterocycles. The summed E-state index contributed by atoms with van der Waals surface area (Å²) in [5, 5.41) is 0. The van der Waals surface area contributed by atoms with E-state index >= 15 is 0 Å². The average Bonchev–Trinajstić information content (AvgIpc) is 1.60. The molecule has 0 aliphatic carbocycles. The van der Waals surface area contributed by atoms with Crippen LogP contribution in [-0.4, -0.2) is 24.2 Å². The predicted molar refractivity (Wildman–Crippen MR) is 31.6 cm³/mol. The van der Waals surface area contributed by atoms with Crippen LogP contribution in [0.1, 0.15) is 6.92 Å². The Morgan fingerprint density at radius 1 is 1.78 bits per heavy atom. The summed E-state index contributed by atoms with van der Waals surface area (Å²) in [6, 6.07) is 0. The average molecular weight is 151 g/mol. The number of hydrogen-bond acceptors (Lipinski definition) is 3. The fraction of sp³-hybridized carbons (Fsp3) is 0.800. The summed E-state index contributed by atoms with van der Waals surface area (Å²) in [4.78, 5) is 10.1. The molecule has 4 heteroatoms. The molecule has 0 bridgehead atoms. The van der Waals surface area contributed by atoms with E-state index in [1.54, 1.807) is 6.92 Å². The first-order chi connectivity index (χ1) is 4.12. The lowest BCUT2D eigenvalue weighted by Gasteiger charge is -2.36. The molecule has 0 spiro atoms. The van der Waals surface area contributed by atoms with E-state index in [9.17, 15) is 4.79 Å². The smallest absolute Gasteiger partial charge is 0.404 e. The fourth-order valence-corrected chi connectivity index (χ4v) is 0.828. The molecule has 1 heterocycles. The molecule has 9 heavy (non-hydrogen) atoms. The maximum absolute atomic E-state index is 10.1. The highest BCUT2D eigenvalue weighted by Crippen LogP contribution is 2.21. The van der Waals surface area contributed by atoms with Crippen molar-refractivity contribution in [2.24, 2.45) is 0 Å². The van der Waals surface area contributed by atoms with E-state index in [1.165, 1.54) is 0 Å². The van der Waals surface area contributed by atoms with Crippen molar-refractivity contribution in [2.75, 3.05) is 13.2 Å². The summed E-state index contributed by atoms with van der Waals surface area (Å²) < 4.78 is 9.48. The van der Waals surface area contributed by atoms with E-state index in [2.05, 4.69) is 4.74 Å². The van der Waals surface area contributed by atoms with Gasteiger partial charge in [0, 0.05) is 11.6 Å². The zero-order valence-electron chi connectivity index (χ0n) is 5.02. The highest BCUT2D eigenvalue weighted by atomic mass is 35.5. The van der Waals surface area contributed by atoms with Gasteiger partial charge in [0.1, 0.15) is 0 Å². The van der Waals surface area contributed by atoms with Crippen LogP contribution in [0.25, 0.3) is 0 Å². The van der Waals surface area contributed by atoms with E-state index < -0.39 is 11.0 Å². The van der Waals surface area contributed by atoms with Gasteiger partial charge in [0.25, 0.3) is 0 Å². The van der Waals surface area contributed by atoms with Gasteiger partial charge >= 0.3 is 5.43 Å². The molecule has 0 amide bonds. The Bertz CT molecular complexity index is 130. The van der Waals surface area contributed by atoms with Crippen molar-refractivity contribution in [3.63, 3.8) is 0 Å². The first kappa shape index (κ1) is 6.83. The molecule has 3 nitrogen and oxygen atoms in total. The third-order valence-corrected chi connectivity index (χ3v) is 1.22. The first-order valence-corrected chi connectivity index (χ1v) is 2.96. The maximum atomic E-state index is 10.1. The van der Waals surface area contributed by atoms with E-state index in [-0.39, 0.29) is 0 Å². The monoisotopic (exact) mass is 150 g/mol. The lowest BCUT2D eigenvalue weighted by atomic mass is 10.1. The summed E-state index contributed by atoms with van der Waals surface area (Å²) in [6.45, 7) is 2.67. The molecule has 0 unspecified atom stereocenters. The van der Waals surface area contributed by atoms with Gasteiger partial charge in [-0.15, -0.1) is 0 Å². The minimum Gasteiger partial charge on any atom is -0.442 e. The lowest BCUT2D eigenvalue weighted by Crippen LogP contribution is -2.49. The van der Waals surface area contributed by atoms with Gasteiger partial charge in [0.15, 0.2) is 5.60 Å². The second-order valence-electron chi connectivity index (χ2n) is 2.28. The molecule has 1 rings (SSSR count). The Morgan fingerprint density at radius 3 is 2.44 bits per heavy atom. The van der Waals surface area contributed by atoms with Crippen molar-refractivity contribution < 1.29 is 14.3 Å². The largest absolute Gasteiger partial charge is 0.442 e. The summed E-state index contributed by atoms with van der Waals surface area (Å²) in [6.07, 6.45) is 0. The van der Waals surface area contributed by atoms with Crippen molar-refractivity contribution in [3.05, 3.63) is 0 Å². The third-order valence-electron chi connectivity index (χ3n) is 1.14. The van der Waals surface area contributed by atoms with E-state index in [0.29, 0.717) is 13.2 Å². The molecule has 0 saturated carbocycles. The van der Waals surface area contributed by atoms with Crippen LogP contribution in [-0.2, 0) is 9.47 Å². The van der Waals surface area contributed by atoms with Crippen molar-refractivity contribution >= 4 is 17.0 Å². The van der Waals surface area contributed by atoms with E-state index in [1.807, 2.05) is 0 Å². The minimum absolute atomic E-state index is 0.450. The maximum Gasteiger partial charge on any atom is 0.404 e. The number of ether oxygens (including phenoxy) is 2. The summed E-state index contributed by atoms with van der Waals surface area (Å²) in [5.74, 6) is 0. The Labute approximate surface area is 57.9 Å². The van der Waals surface area contributed by atoms with Crippen LogP contribution in [0.15, 0.2) is 0 Å². The number of rotatable bonds is 1. The molecule has 52 valence electrons. The van der Waals surface area contributed by atoms with Crippen LogP contribution in [0, 0.1) is 0 Å². The predicted octanol–water partition coefficient (Wildman–Crippen LogP) is 1.15. The Kier molecular flexibility index (Phi) is 1.64. The molecule has 1 fully saturated rings. The quantitative estimate of drug-likeness (QED) is 0.526. The lowest BCUT2D eigenvalue weighted by molar-refractivity contribution is -0.162. The number of carbonyl (C=O) groups is 1. The molecule has 0 aromatic heterocycles. The second kappa shape index (κ2) is 2.15. The third kappa shape index (κ3) is 1.56. The summed E-state index contributed by atoms with van der Waals surface area (Å²) >= 11 is 4.96. The van der Waals surface area contributed by atoms with Gasteiger partial charge in [0.05, 0.1) is 13.2 Å². The number of carbonyl (C=O) groups excluding carboxylic acids is 1. The standard InChI is InChI=1S/C5H7ClO3/c1-5(2-8-3-5)9-4(6)7/h2-3H2,1H3. The Morgan fingerprint density at radius 2 is 2.33 bits per heavy atom. The zero-order chi connectivity index (χ0) is 6.91. The summed E-state index contributed by atoms with van der Waals surface area (Å²) in [7, 11) is 0. The SMILES string of the molecule is CC1(OC(=O)Cl)COC1. The van der Waals surface area contributed by atoms with Crippen molar-refractivity contribution in [1.82, 2.24) is 0 Å². The van der Waals surface area contributed by atoms with Gasteiger partial charge in [-0.05, 0) is 6.92 Å². The van der Waals surface area contributed by atoms with E-state index in [0.717, 1.165) is 0 Å². The molecule has 0 N–H and O–H groups in total. The zero-order valence-corrected chi connectivity index (χ0v) is 5.77.